The van der Waals surface area contributed by atoms with Crippen LogP contribution < -0.4 is 0 Å². The Morgan fingerprint density at radius 1 is 0.857 bits per heavy atom. The summed E-state index contributed by atoms with van der Waals surface area (Å²) in [6.45, 7) is 1.39. The van der Waals surface area contributed by atoms with Crippen LogP contribution >= 0.6 is 0 Å². The fourth-order valence-electron chi connectivity index (χ4n) is 3.22. The van der Waals surface area contributed by atoms with Gasteiger partial charge in [0, 0.05) is 17.7 Å². The van der Waals surface area contributed by atoms with Gasteiger partial charge in [-0.2, -0.15) is 9.78 Å². The first-order valence-electron chi connectivity index (χ1n) is 7.13. The SMILES string of the molecule is CN1CCOC2(c3ccccc3)OOC12c1ccccc1. The normalized spacial score (nSPS) is 32.2. The number of rotatable bonds is 2. The molecule has 2 aromatic carbocycles. The number of fused-ring (bicyclic) bond motifs is 1. The van der Waals surface area contributed by atoms with E-state index in [0.717, 1.165) is 17.7 Å². The van der Waals surface area contributed by atoms with Crippen LogP contribution in [0.5, 0.6) is 0 Å². The van der Waals surface area contributed by atoms with Crippen LogP contribution in [0.25, 0.3) is 0 Å². The zero-order chi connectivity index (χ0) is 14.3. The quantitative estimate of drug-likeness (QED) is 0.793. The lowest BCUT2D eigenvalue weighted by Crippen LogP contribution is -2.73. The molecular weight excluding hydrogens is 266 g/mol. The zero-order valence-electron chi connectivity index (χ0n) is 11.9. The van der Waals surface area contributed by atoms with Crippen molar-refractivity contribution in [3.63, 3.8) is 0 Å². The Hall–Kier alpha value is -1.72. The molecule has 4 heteroatoms. The van der Waals surface area contributed by atoms with Gasteiger partial charge in [-0.1, -0.05) is 60.7 Å². The first-order valence-corrected chi connectivity index (χ1v) is 7.13. The maximum atomic E-state index is 6.09. The minimum atomic E-state index is -0.914. The van der Waals surface area contributed by atoms with Crippen molar-refractivity contribution in [1.82, 2.24) is 4.90 Å². The summed E-state index contributed by atoms with van der Waals surface area (Å²) in [4.78, 5) is 13.4. The van der Waals surface area contributed by atoms with E-state index in [2.05, 4.69) is 4.90 Å². The summed E-state index contributed by atoms with van der Waals surface area (Å²) in [7, 11) is 2.04. The molecule has 21 heavy (non-hydrogen) atoms. The highest BCUT2D eigenvalue weighted by atomic mass is 17.3. The highest BCUT2D eigenvalue weighted by Crippen LogP contribution is 2.58. The molecule has 0 spiro atoms. The molecule has 0 radical (unpaired) electrons. The first kappa shape index (κ1) is 13.0. The third kappa shape index (κ3) is 1.59. The van der Waals surface area contributed by atoms with Gasteiger partial charge in [-0.25, -0.2) is 0 Å². The number of hydrogen-bond donors (Lipinski definition) is 0. The smallest absolute Gasteiger partial charge is 0.278 e. The van der Waals surface area contributed by atoms with E-state index in [1.54, 1.807) is 0 Å². The van der Waals surface area contributed by atoms with E-state index in [1.807, 2.05) is 67.7 Å². The van der Waals surface area contributed by atoms with Gasteiger partial charge in [0.2, 0.25) is 5.72 Å². The third-order valence-electron chi connectivity index (χ3n) is 4.31. The Labute approximate surface area is 123 Å². The second-order valence-corrected chi connectivity index (χ2v) is 5.43. The Morgan fingerprint density at radius 2 is 1.48 bits per heavy atom. The minimum absolute atomic E-state index is 0.601. The van der Waals surface area contributed by atoms with Crippen LogP contribution in [0.1, 0.15) is 11.1 Å². The number of nitrogens with zero attached hydrogens (tertiary/aromatic N) is 1. The number of ether oxygens (including phenoxy) is 1. The second kappa shape index (κ2) is 4.64. The molecule has 0 amide bonds. The molecule has 2 aliphatic heterocycles. The maximum Gasteiger partial charge on any atom is 0.278 e. The predicted molar refractivity (Wildman–Crippen MR) is 77.0 cm³/mol. The summed E-state index contributed by atoms with van der Waals surface area (Å²) in [6, 6.07) is 20.1. The molecule has 0 saturated carbocycles. The molecule has 0 N–H and O–H groups in total. The van der Waals surface area contributed by atoms with Gasteiger partial charge < -0.3 is 4.74 Å². The summed E-state index contributed by atoms with van der Waals surface area (Å²) in [5.41, 5.74) is 1.25. The van der Waals surface area contributed by atoms with E-state index in [-0.39, 0.29) is 0 Å². The van der Waals surface area contributed by atoms with Gasteiger partial charge in [-0.3, -0.25) is 4.90 Å². The number of benzene rings is 2. The minimum Gasteiger partial charge on any atom is -0.339 e. The predicted octanol–water partition coefficient (Wildman–Crippen LogP) is 2.62. The molecule has 2 heterocycles. The van der Waals surface area contributed by atoms with Crippen LogP contribution in [0.15, 0.2) is 60.7 Å². The van der Waals surface area contributed by atoms with Gasteiger partial charge in [-0.15, -0.1) is 0 Å². The van der Waals surface area contributed by atoms with Crippen molar-refractivity contribution >= 4 is 0 Å². The Morgan fingerprint density at radius 3 is 2.05 bits per heavy atom. The van der Waals surface area contributed by atoms with Gasteiger partial charge in [0.05, 0.1) is 6.61 Å². The van der Waals surface area contributed by atoms with Crippen molar-refractivity contribution in [3.8, 4) is 0 Å². The highest BCUT2D eigenvalue weighted by Gasteiger charge is 2.71. The molecule has 2 saturated heterocycles. The number of morpholine rings is 1. The average molecular weight is 283 g/mol. The van der Waals surface area contributed by atoms with Crippen molar-refractivity contribution in [1.29, 1.82) is 0 Å². The van der Waals surface area contributed by atoms with Gasteiger partial charge in [0.25, 0.3) is 5.79 Å². The van der Waals surface area contributed by atoms with E-state index in [9.17, 15) is 0 Å². The molecule has 4 nitrogen and oxygen atoms in total. The molecule has 2 atom stereocenters. The van der Waals surface area contributed by atoms with Crippen LogP contribution in [0.2, 0.25) is 0 Å². The third-order valence-corrected chi connectivity index (χ3v) is 4.31. The Balaban J connectivity index is 1.90. The summed E-state index contributed by atoms with van der Waals surface area (Å²) in [5, 5.41) is 0. The molecule has 2 fully saturated rings. The monoisotopic (exact) mass is 283 g/mol. The maximum absolute atomic E-state index is 6.09. The number of likely N-dealkylation sites (N-methyl/N-ethyl adjacent to an activating group) is 1. The molecular formula is C17H17NO3. The molecule has 0 aromatic heterocycles. The van der Waals surface area contributed by atoms with Gasteiger partial charge in [0.1, 0.15) is 0 Å². The lowest BCUT2D eigenvalue weighted by Gasteiger charge is -2.61. The molecule has 2 aromatic rings. The van der Waals surface area contributed by atoms with E-state index in [0.29, 0.717) is 6.61 Å². The summed E-state index contributed by atoms with van der Waals surface area (Å²) in [5.74, 6) is -0.914. The van der Waals surface area contributed by atoms with Gasteiger partial charge in [-0.05, 0) is 7.05 Å². The van der Waals surface area contributed by atoms with Crippen LogP contribution in [0.3, 0.4) is 0 Å². The molecule has 4 rings (SSSR count). The lowest BCUT2D eigenvalue weighted by molar-refractivity contribution is -0.666. The molecule has 0 aliphatic carbocycles. The Bertz CT molecular complexity index is 633. The van der Waals surface area contributed by atoms with E-state index < -0.39 is 11.5 Å². The fraction of sp³-hybridized carbons (Fsp3) is 0.294. The summed E-state index contributed by atoms with van der Waals surface area (Å²) >= 11 is 0. The highest BCUT2D eigenvalue weighted by molar-refractivity contribution is 5.34. The standard InChI is InChI=1S/C17H17NO3/c1-18-12-13-19-17(15-10-6-3-7-11-15)16(18,20-21-17)14-8-4-2-5-9-14/h2-11H,12-13H2,1H3. The fourth-order valence-corrected chi connectivity index (χ4v) is 3.22. The van der Waals surface area contributed by atoms with Crippen molar-refractivity contribution < 1.29 is 14.5 Å². The first-order chi connectivity index (χ1) is 10.3. The van der Waals surface area contributed by atoms with Crippen LogP contribution in [-0.2, 0) is 26.0 Å². The van der Waals surface area contributed by atoms with Crippen molar-refractivity contribution in [2.75, 3.05) is 20.2 Å². The van der Waals surface area contributed by atoms with E-state index in [1.165, 1.54) is 0 Å². The van der Waals surface area contributed by atoms with Crippen LogP contribution in [0, 0.1) is 0 Å². The second-order valence-electron chi connectivity index (χ2n) is 5.43. The van der Waals surface area contributed by atoms with Crippen molar-refractivity contribution in [2.24, 2.45) is 0 Å². The Kier molecular flexibility index (Phi) is 2.87. The molecule has 2 unspecified atom stereocenters. The lowest BCUT2D eigenvalue weighted by atomic mass is 9.84. The van der Waals surface area contributed by atoms with E-state index in [4.69, 9.17) is 14.5 Å². The van der Waals surface area contributed by atoms with Gasteiger partial charge in [0.15, 0.2) is 0 Å². The summed E-state index contributed by atoms with van der Waals surface area (Å²) in [6.07, 6.45) is 0. The molecule has 0 bridgehead atoms. The number of hydrogen-bond acceptors (Lipinski definition) is 4. The topological polar surface area (TPSA) is 30.9 Å². The van der Waals surface area contributed by atoms with Crippen molar-refractivity contribution in [3.05, 3.63) is 71.8 Å². The largest absolute Gasteiger partial charge is 0.339 e. The van der Waals surface area contributed by atoms with Crippen LogP contribution in [0.4, 0.5) is 0 Å². The van der Waals surface area contributed by atoms with Crippen molar-refractivity contribution in [2.45, 2.75) is 11.5 Å². The molecule has 2 aliphatic rings. The zero-order valence-corrected chi connectivity index (χ0v) is 11.9. The van der Waals surface area contributed by atoms with Crippen LogP contribution in [-0.4, -0.2) is 25.1 Å². The average Bonchev–Trinajstić information content (AvgIpc) is 2.52. The van der Waals surface area contributed by atoms with Gasteiger partial charge >= 0.3 is 0 Å². The summed E-state index contributed by atoms with van der Waals surface area (Å²) < 4.78 is 6.09. The molecule has 108 valence electrons. The van der Waals surface area contributed by atoms with E-state index >= 15 is 0 Å².